The van der Waals surface area contributed by atoms with E-state index in [1.807, 2.05) is 20.8 Å². The van der Waals surface area contributed by atoms with Gasteiger partial charge in [-0.1, -0.05) is 20.8 Å². The molecule has 1 aliphatic heterocycles. The number of nitrogens with two attached hydrogens (primary N) is 1. The number of nitrogens with one attached hydrogen (secondary N) is 1. The summed E-state index contributed by atoms with van der Waals surface area (Å²) >= 11 is 0. The molecule has 0 radical (unpaired) electrons. The first-order valence-corrected chi connectivity index (χ1v) is 5.55. The average Bonchev–Trinajstić information content (AvgIpc) is 2.16. The second-order valence-corrected chi connectivity index (χ2v) is 5.24. The van der Waals surface area contributed by atoms with Gasteiger partial charge in [0.25, 0.3) is 0 Å². The van der Waals surface area contributed by atoms with Crippen LogP contribution in [0.3, 0.4) is 0 Å². The van der Waals surface area contributed by atoms with Crippen molar-refractivity contribution >= 4 is 5.91 Å². The van der Waals surface area contributed by atoms with Gasteiger partial charge in [-0.2, -0.15) is 0 Å². The highest BCUT2D eigenvalue weighted by atomic mass is 16.5. The fourth-order valence-electron chi connectivity index (χ4n) is 1.53. The molecule has 3 N–H and O–H groups in total. The summed E-state index contributed by atoms with van der Waals surface area (Å²) in [5.74, 6) is -0.0469. The molecule has 88 valence electrons. The zero-order valence-corrected chi connectivity index (χ0v) is 9.88. The highest BCUT2D eigenvalue weighted by molar-refractivity contribution is 5.82. The predicted octanol–water partition coefficient (Wildman–Crippen LogP) is 0.655. The molecule has 1 amide bonds. The van der Waals surface area contributed by atoms with Crippen LogP contribution in [0.2, 0.25) is 0 Å². The second kappa shape index (κ2) is 4.94. The first kappa shape index (κ1) is 12.5. The van der Waals surface area contributed by atoms with E-state index in [-0.39, 0.29) is 17.4 Å². The van der Waals surface area contributed by atoms with Crippen molar-refractivity contribution in [3.8, 4) is 0 Å². The van der Waals surface area contributed by atoms with Gasteiger partial charge in [0.05, 0.1) is 6.04 Å². The molecule has 1 atom stereocenters. The standard InChI is InChI=1S/C11H22N2O2/c1-11(2,3)9(12)10(14)13-8-4-6-15-7-5-8/h8-9H,4-7,12H2,1-3H3,(H,13,14). The van der Waals surface area contributed by atoms with Gasteiger partial charge in [0.2, 0.25) is 5.91 Å². The third-order valence-corrected chi connectivity index (χ3v) is 2.78. The summed E-state index contributed by atoms with van der Waals surface area (Å²) in [7, 11) is 0. The van der Waals surface area contributed by atoms with Crippen LogP contribution in [0.1, 0.15) is 33.6 Å². The molecule has 0 spiro atoms. The lowest BCUT2D eigenvalue weighted by Gasteiger charge is -2.29. The lowest BCUT2D eigenvalue weighted by atomic mass is 9.86. The molecular weight excluding hydrogens is 192 g/mol. The van der Waals surface area contributed by atoms with Crippen LogP contribution in [-0.2, 0) is 9.53 Å². The number of ether oxygens (including phenoxy) is 1. The summed E-state index contributed by atoms with van der Waals surface area (Å²) in [6.45, 7) is 7.38. The molecule has 1 heterocycles. The number of hydrogen-bond donors (Lipinski definition) is 2. The number of amides is 1. The molecule has 1 fully saturated rings. The van der Waals surface area contributed by atoms with Crippen molar-refractivity contribution in [2.45, 2.75) is 45.7 Å². The molecule has 0 aromatic heterocycles. The first-order valence-electron chi connectivity index (χ1n) is 5.55. The van der Waals surface area contributed by atoms with E-state index in [0.29, 0.717) is 0 Å². The van der Waals surface area contributed by atoms with Crippen LogP contribution in [0.15, 0.2) is 0 Å². The fourth-order valence-corrected chi connectivity index (χ4v) is 1.53. The van der Waals surface area contributed by atoms with Gasteiger partial charge >= 0.3 is 0 Å². The monoisotopic (exact) mass is 214 g/mol. The summed E-state index contributed by atoms with van der Waals surface area (Å²) in [5, 5.41) is 2.98. The van der Waals surface area contributed by atoms with Gasteiger partial charge in [-0.25, -0.2) is 0 Å². The van der Waals surface area contributed by atoms with Crippen molar-refractivity contribution in [3.05, 3.63) is 0 Å². The summed E-state index contributed by atoms with van der Waals surface area (Å²) < 4.78 is 5.23. The SMILES string of the molecule is CC(C)(C)C(N)C(=O)NC1CCOCC1. The average molecular weight is 214 g/mol. The number of carbonyl (C=O) groups excluding carboxylic acids is 1. The van der Waals surface area contributed by atoms with Crippen LogP contribution < -0.4 is 11.1 Å². The highest BCUT2D eigenvalue weighted by Gasteiger charge is 2.29. The maximum Gasteiger partial charge on any atom is 0.237 e. The third-order valence-electron chi connectivity index (χ3n) is 2.78. The fraction of sp³-hybridized carbons (Fsp3) is 0.909. The van der Waals surface area contributed by atoms with Crippen LogP contribution in [-0.4, -0.2) is 31.2 Å². The van der Waals surface area contributed by atoms with Gasteiger partial charge < -0.3 is 15.8 Å². The van der Waals surface area contributed by atoms with Crippen LogP contribution >= 0.6 is 0 Å². The van der Waals surface area contributed by atoms with E-state index >= 15 is 0 Å². The normalized spacial score (nSPS) is 21.1. The molecule has 0 aliphatic carbocycles. The van der Waals surface area contributed by atoms with Crippen molar-refractivity contribution in [1.82, 2.24) is 5.32 Å². The molecule has 1 unspecified atom stereocenters. The van der Waals surface area contributed by atoms with Crippen molar-refractivity contribution in [2.24, 2.45) is 11.1 Å². The maximum absolute atomic E-state index is 11.8. The van der Waals surface area contributed by atoms with Crippen molar-refractivity contribution in [3.63, 3.8) is 0 Å². The van der Waals surface area contributed by atoms with Crippen LogP contribution in [0.5, 0.6) is 0 Å². The van der Waals surface area contributed by atoms with Crippen LogP contribution in [0.4, 0.5) is 0 Å². The van der Waals surface area contributed by atoms with Crippen molar-refractivity contribution in [2.75, 3.05) is 13.2 Å². The van der Waals surface area contributed by atoms with E-state index in [1.165, 1.54) is 0 Å². The minimum Gasteiger partial charge on any atom is -0.381 e. The number of carbonyl (C=O) groups is 1. The predicted molar refractivity (Wildman–Crippen MR) is 59.4 cm³/mol. The lowest BCUT2D eigenvalue weighted by Crippen LogP contribution is -2.52. The van der Waals surface area contributed by atoms with E-state index < -0.39 is 6.04 Å². The molecule has 0 saturated carbocycles. The summed E-state index contributed by atoms with van der Waals surface area (Å²) in [4.78, 5) is 11.8. The molecule has 4 nitrogen and oxygen atoms in total. The molecule has 15 heavy (non-hydrogen) atoms. The largest absolute Gasteiger partial charge is 0.381 e. The summed E-state index contributed by atoms with van der Waals surface area (Å²) in [6, 6.07) is -0.208. The van der Waals surface area contributed by atoms with Gasteiger partial charge in [-0.15, -0.1) is 0 Å². The number of rotatable bonds is 2. The third kappa shape index (κ3) is 3.80. The Labute approximate surface area is 91.5 Å². The van der Waals surface area contributed by atoms with Crippen molar-refractivity contribution < 1.29 is 9.53 Å². The Morgan fingerprint density at radius 3 is 2.40 bits per heavy atom. The Hall–Kier alpha value is -0.610. The minimum atomic E-state index is -0.444. The Balaban J connectivity index is 2.40. The zero-order valence-electron chi connectivity index (χ0n) is 9.88. The lowest BCUT2D eigenvalue weighted by molar-refractivity contribution is -0.125. The molecule has 1 rings (SSSR count). The van der Waals surface area contributed by atoms with Crippen LogP contribution in [0.25, 0.3) is 0 Å². The molecule has 1 aliphatic rings. The smallest absolute Gasteiger partial charge is 0.237 e. The second-order valence-electron chi connectivity index (χ2n) is 5.24. The molecule has 1 saturated heterocycles. The van der Waals surface area contributed by atoms with Gasteiger partial charge in [-0.05, 0) is 18.3 Å². The Morgan fingerprint density at radius 2 is 1.93 bits per heavy atom. The van der Waals surface area contributed by atoms with Crippen LogP contribution in [0, 0.1) is 5.41 Å². The topological polar surface area (TPSA) is 64.4 Å². The highest BCUT2D eigenvalue weighted by Crippen LogP contribution is 2.18. The number of hydrogen-bond acceptors (Lipinski definition) is 3. The van der Waals surface area contributed by atoms with Crippen molar-refractivity contribution in [1.29, 1.82) is 0 Å². The first-order chi connectivity index (χ1) is 6.91. The van der Waals surface area contributed by atoms with Gasteiger partial charge in [0, 0.05) is 19.3 Å². The van der Waals surface area contributed by atoms with E-state index in [0.717, 1.165) is 26.1 Å². The molecule has 4 heteroatoms. The molecular formula is C11H22N2O2. The zero-order chi connectivity index (χ0) is 11.5. The van der Waals surface area contributed by atoms with E-state index in [9.17, 15) is 4.79 Å². The summed E-state index contributed by atoms with van der Waals surface area (Å²) in [6.07, 6.45) is 1.78. The summed E-state index contributed by atoms with van der Waals surface area (Å²) in [5.41, 5.74) is 5.68. The maximum atomic E-state index is 11.8. The van der Waals surface area contributed by atoms with Gasteiger partial charge in [0.15, 0.2) is 0 Å². The quantitative estimate of drug-likeness (QED) is 0.709. The molecule has 0 bridgehead atoms. The van der Waals surface area contributed by atoms with E-state index in [2.05, 4.69) is 5.32 Å². The molecule has 0 aromatic rings. The van der Waals surface area contributed by atoms with Gasteiger partial charge in [-0.3, -0.25) is 4.79 Å². The Kier molecular flexibility index (Phi) is 4.11. The Morgan fingerprint density at radius 1 is 1.40 bits per heavy atom. The van der Waals surface area contributed by atoms with E-state index in [1.54, 1.807) is 0 Å². The minimum absolute atomic E-state index is 0.0469. The van der Waals surface area contributed by atoms with E-state index in [4.69, 9.17) is 10.5 Å². The molecule has 0 aromatic carbocycles. The van der Waals surface area contributed by atoms with Gasteiger partial charge in [0.1, 0.15) is 0 Å². The Bertz CT molecular complexity index is 217.